The van der Waals surface area contributed by atoms with Crippen LogP contribution in [0.15, 0.2) is 77.5 Å². The highest BCUT2D eigenvalue weighted by Crippen LogP contribution is 2.31. The van der Waals surface area contributed by atoms with Crippen molar-refractivity contribution in [1.82, 2.24) is 0 Å². The van der Waals surface area contributed by atoms with Crippen LogP contribution in [0.4, 0.5) is 17.1 Å². The molecular formula is C28H24ClN3O5. The molecule has 0 fully saturated rings. The van der Waals surface area contributed by atoms with Crippen molar-refractivity contribution in [3.8, 4) is 0 Å². The van der Waals surface area contributed by atoms with Gasteiger partial charge >= 0.3 is 5.97 Å². The van der Waals surface area contributed by atoms with Gasteiger partial charge in [0.2, 0.25) is 0 Å². The lowest BCUT2D eigenvalue weighted by Crippen LogP contribution is -2.32. The lowest BCUT2D eigenvalue weighted by Gasteiger charge is -2.16. The molecular weight excluding hydrogens is 494 g/mol. The SMILES string of the molecule is CCOC(=O)c1cccc(NC(=O)c2cccc(NC3=C(Cl)C(=O)N(c4ccc(C)c(C)c4)C3=O)c2)c1. The molecule has 1 aliphatic rings. The number of aryl methyl sites for hydroxylation is 2. The van der Waals surface area contributed by atoms with E-state index in [-0.39, 0.29) is 22.9 Å². The Kier molecular flexibility index (Phi) is 7.40. The van der Waals surface area contributed by atoms with Gasteiger partial charge in [0.15, 0.2) is 0 Å². The largest absolute Gasteiger partial charge is 0.462 e. The van der Waals surface area contributed by atoms with Crippen LogP contribution in [0.5, 0.6) is 0 Å². The molecule has 1 heterocycles. The minimum Gasteiger partial charge on any atom is -0.462 e. The lowest BCUT2D eigenvalue weighted by molar-refractivity contribution is -0.120. The molecule has 0 bridgehead atoms. The van der Waals surface area contributed by atoms with Gasteiger partial charge in [-0.2, -0.15) is 0 Å². The molecule has 2 N–H and O–H groups in total. The summed E-state index contributed by atoms with van der Waals surface area (Å²) in [5, 5.41) is 5.38. The highest BCUT2D eigenvalue weighted by atomic mass is 35.5. The van der Waals surface area contributed by atoms with Gasteiger partial charge in [0, 0.05) is 16.9 Å². The fourth-order valence-corrected chi connectivity index (χ4v) is 3.95. The number of esters is 1. The molecule has 188 valence electrons. The molecule has 0 atom stereocenters. The first-order chi connectivity index (χ1) is 17.7. The van der Waals surface area contributed by atoms with E-state index in [4.69, 9.17) is 16.3 Å². The quantitative estimate of drug-likeness (QED) is 0.331. The number of hydrogen-bond acceptors (Lipinski definition) is 6. The highest BCUT2D eigenvalue weighted by molar-refractivity contribution is 6.53. The van der Waals surface area contributed by atoms with Crippen LogP contribution in [-0.4, -0.2) is 30.3 Å². The topological polar surface area (TPSA) is 105 Å². The maximum atomic E-state index is 13.1. The summed E-state index contributed by atoms with van der Waals surface area (Å²) in [6, 6.07) is 18.1. The van der Waals surface area contributed by atoms with E-state index in [1.54, 1.807) is 55.5 Å². The number of imide groups is 1. The van der Waals surface area contributed by atoms with Crippen LogP contribution in [0.3, 0.4) is 0 Å². The maximum absolute atomic E-state index is 13.1. The van der Waals surface area contributed by atoms with E-state index >= 15 is 0 Å². The molecule has 0 spiro atoms. The van der Waals surface area contributed by atoms with Crippen LogP contribution < -0.4 is 15.5 Å². The lowest BCUT2D eigenvalue weighted by atomic mass is 10.1. The fourth-order valence-electron chi connectivity index (χ4n) is 3.73. The van der Waals surface area contributed by atoms with E-state index in [0.29, 0.717) is 22.6 Å². The number of nitrogens with one attached hydrogen (secondary N) is 2. The second-order valence-electron chi connectivity index (χ2n) is 8.36. The summed E-state index contributed by atoms with van der Waals surface area (Å²) in [6.45, 7) is 5.78. The minimum atomic E-state index is -0.632. The van der Waals surface area contributed by atoms with Gasteiger partial charge in [-0.1, -0.05) is 29.8 Å². The molecule has 0 unspecified atom stereocenters. The van der Waals surface area contributed by atoms with Gasteiger partial charge in [0.25, 0.3) is 17.7 Å². The summed E-state index contributed by atoms with van der Waals surface area (Å²) in [4.78, 5) is 51.7. The Morgan fingerprint density at radius 1 is 0.865 bits per heavy atom. The van der Waals surface area contributed by atoms with E-state index in [0.717, 1.165) is 16.0 Å². The number of hydrogen-bond donors (Lipinski definition) is 2. The summed E-state index contributed by atoms with van der Waals surface area (Å²) in [5.74, 6) is -2.15. The van der Waals surface area contributed by atoms with Crippen LogP contribution in [0.1, 0.15) is 38.8 Å². The zero-order valence-electron chi connectivity index (χ0n) is 20.4. The first-order valence-electron chi connectivity index (χ1n) is 11.5. The summed E-state index contributed by atoms with van der Waals surface area (Å²) in [7, 11) is 0. The third-order valence-electron chi connectivity index (χ3n) is 5.80. The van der Waals surface area contributed by atoms with Gasteiger partial charge < -0.3 is 15.4 Å². The van der Waals surface area contributed by atoms with Crippen molar-refractivity contribution in [2.24, 2.45) is 0 Å². The van der Waals surface area contributed by atoms with Crippen molar-refractivity contribution >= 4 is 52.4 Å². The normalized spacial score (nSPS) is 13.1. The van der Waals surface area contributed by atoms with Crippen LogP contribution in [0.2, 0.25) is 0 Å². The van der Waals surface area contributed by atoms with E-state index in [2.05, 4.69) is 10.6 Å². The van der Waals surface area contributed by atoms with Crippen molar-refractivity contribution < 1.29 is 23.9 Å². The molecule has 3 aromatic rings. The van der Waals surface area contributed by atoms with Gasteiger partial charge in [0.1, 0.15) is 10.7 Å². The summed E-state index contributed by atoms with van der Waals surface area (Å²) < 4.78 is 4.99. The number of ether oxygens (including phenoxy) is 1. The summed E-state index contributed by atoms with van der Waals surface area (Å²) in [5.41, 5.74) is 3.71. The predicted octanol–water partition coefficient (Wildman–Crippen LogP) is 5.17. The van der Waals surface area contributed by atoms with Crippen molar-refractivity contribution in [3.63, 3.8) is 0 Å². The molecule has 0 aliphatic carbocycles. The molecule has 8 nitrogen and oxygen atoms in total. The third-order valence-corrected chi connectivity index (χ3v) is 6.15. The summed E-state index contributed by atoms with van der Waals surface area (Å²) in [6.07, 6.45) is 0. The van der Waals surface area contributed by atoms with Gasteiger partial charge in [-0.3, -0.25) is 14.4 Å². The summed E-state index contributed by atoms with van der Waals surface area (Å²) >= 11 is 6.25. The molecule has 0 saturated carbocycles. The van der Waals surface area contributed by atoms with Crippen LogP contribution >= 0.6 is 11.6 Å². The van der Waals surface area contributed by atoms with Crippen molar-refractivity contribution in [3.05, 3.63) is 99.7 Å². The molecule has 9 heteroatoms. The highest BCUT2D eigenvalue weighted by Gasteiger charge is 2.39. The standard InChI is InChI=1S/C28H24ClN3O5/c1-4-37-28(36)19-8-6-10-21(15-19)31-25(33)18-7-5-9-20(14-18)30-24-23(29)26(34)32(27(24)35)22-12-11-16(2)17(3)13-22/h5-15,30H,4H2,1-3H3,(H,31,33). The van der Waals surface area contributed by atoms with Crippen molar-refractivity contribution in [2.45, 2.75) is 20.8 Å². The molecule has 3 aromatic carbocycles. The molecule has 3 amide bonds. The maximum Gasteiger partial charge on any atom is 0.338 e. The van der Waals surface area contributed by atoms with Crippen molar-refractivity contribution in [2.75, 3.05) is 22.1 Å². The molecule has 4 rings (SSSR count). The van der Waals surface area contributed by atoms with Crippen LogP contribution in [0, 0.1) is 13.8 Å². The number of nitrogens with zero attached hydrogens (tertiary/aromatic N) is 1. The Hall–Kier alpha value is -4.43. The Bertz CT molecular complexity index is 1460. The average molecular weight is 518 g/mol. The molecule has 0 aromatic heterocycles. The Balaban J connectivity index is 1.51. The first kappa shape index (κ1) is 25.7. The molecule has 0 saturated heterocycles. The zero-order chi connectivity index (χ0) is 26.7. The number of anilines is 3. The molecule has 0 radical (unpaired) electrons. The number of halogens is 1. The minimum absolute atomic E-state index is 0.0791. The fraction of sp³-hybridized carbons (Fsp3) is 0.143. The van der Waals surface area contributed by atoms with Gasteiger partial charge in [-0.05, 0) is 80.4 Å². The number of amides is 3. The monoisotopic (exact) mass is 517 g/mol. The number of benzene rings is 3. The van der Waals surface area contributed by atoms with E-state index < -0.39 is 23.7 Å². The Morgan fingerprint density at radius 2 is 1.54 bits per heavy atom. The van der Waals surface area contributed by atoms with E-state index in [9.17, 15) is 19.2 Å². The molecule has 37 heavy (non-hydrogen) atoms. The second-order valence-corrected chi connectivity index (χ2v) is 8.74. The third kappa shape index (κ3) is 5.39. The van der Waals surface area contributed by atoms with Gasteiger partial charge in [0.05, 0.1) is 17.9 Å². The zero-order valence-corrected chi connectivity index (χ0v) is 21.2. The number of carbonyl (C=O) groups is 4. The predicted molar refractivity (Wildman–Crippen MR) is 142 cm³/mol. The van der Waals surface area contributed by atoms with Gasteiger partial charge in [-0.15, -0.1) is 0 Å². The second kappa shape index (κ2) is 10.7. The van der Waals surface area contributed by atoms with Gasteiger partial charge in [-0.25, -0.2) is 9.69 Å². The smallest absolute Gasteiger partial charge is 0.338 e. The first-order valence-corrected chi connectivity index (χ1v) is 11.9. The molecule has 1 aliphatic heterocycles. The van der Waals surface area contributed by atoms with E-state index in [1.807, 2.05) is 19.9 Å². The average Bonchev–Trinajstić information content (AvgIpc) is 3.09. The van der Waals surface area contributed by atoms with Crippen LogP contribution in [-0.2, 0) is 14.3 Å². The Morgan fingerprint density at radius 3 is 2.24 bits per heavy atom. The number of rotatable bonds is 7. The Labute approximate surface area is 218 Å². The van der Waals surface area contributed by atoms with Crippen molar-refractivity contribution in [1.29, 1.82) is 0 Å². The van der Waals surface area contributed by atoms with E-state index in [1.165, 1.54) is 12.1 Å². The number of carbonyl (C=O) groups excluding carboxylic acids is 4. The van der Waals surface area contributed by atoms with Crippen LogP contribution in [0.25, 0.3) is 0 Å².